The Morgan fingerprint density at radius 3 is 2.90 bits per heavy atom. The molecule has 5 rings (SSSR count). The third-order valence-electron chi connectivity index (χ3n) is 6.77. The summed E-state index contributed by atoms with van der Waals surface area (Å²) >= 11 is 0. The highest BCUT2D eigenvalue weighted by molar-refractivity contribution is 5.97. The maximum Gasteiger partial charge on any atom is 0.258 e. The summed E-state index contributed by atoms with van der Waals surface area (Å²) in [6.45, 7) is 4.64. The molecule has 0 radical (unpaired) electrons. The van der Waals surface area contributed by atoms with Gasteiger partial charge in [0.15, 0.2) is 5.82 Å². The number of amides is 1. The van der Waals surface area contributed by atoms with Crippen molar-refractivity contribution in [3.63, 3.8) is 0 Å². The van der Waals surface area contributed by atoms with Crippen LogP contribution >= 0.6 is 0 Å². The van der Waals surface area contributed by atoms with Crippen molar-refractivity contribution in [1.82, 2.24) is 19.8 Å². The van der Waals surface area contributed by atoms with Gasteiger partial charge >= 0.3 is 0 Å². The van der Waals surface area contributed by atoms with Crippen LogP contribution in [-0.4, -0.2) is 45.8 Å². The number of aryl methyl sites for hydroxylation is 2. The van der Waals surface area contributed by atoms with Gasteiger partial charge < -0.3 is 14.2 Å². The van der Waals surface area contributed by atoms with E-state index in [2.05, 4.69) is 11.9 Å². The molecular weight excluding hydrogens is 364 g/mol. The van der Waals surface area contributed by atoms with Crippen LogP contribution < -0.4 is 0 Å². The summed E-state index contributed by atoms with van der Waals surface area (Å²) in [6.07, 6.45) is 10.2. The molecule has 0 bridgehead atoms. The number of nitrogens with zero attached hydrogens (tertiary/aromatic N) is 4. The van der Waals surface area contributed by atoms with Crippen molar-refractivity contribution in [3.8, 4) is 0 Å². The predicted molar refractivity (Wildman–Crippen MR) is 110 cm³/mol. The molecule has 4 heterocycles. The van der Waals surface area contributed by atoms with Crippen LogP contribution in [0.15, 0.2) is 10.6 Å². The highest BCUT2D eigenvalue weighted by Gasteiger charge is 2.35. The van der Waals surface area contributed by atoms with Crippen molar-refractivity contribution in [1.29, 1.82) is 0 Å². The maximum absolute atomic E-state index is 13.7. The van der Waals surface area contributed by atoms with Crippen molar-refractivity contribution in [2.45, 2.75) is 70.9 Å². The number of furan rings is 1. The molecule has 0 unspecified atom stereocenters. The minimum Gasteiger partial charge on any atom is -0.465 e. The van der Waals surface area contributed by atoms with E-state index >= 15 is 0 Å². The van der Waals surface area contributed by atoms with Gasteiger partial charge in [-0.25, -0.2) is 9.97 Å². The lowest BCUT2D eigenvalue weighted by molar-refractivity contribution is 0.0596. The minimum absolute atomic E-state index is 0.0326. The van der Waals surface area contributed by atoms with E-state index in [0.717, 1.165) is 105 Å². The van der Waals surface area contributed by atoms with Crippen LogP contribution in [0.4, 0.5) is 0 Å². The molecule has 1 amide bonds. The first-order valence-corrected chi connectivity index (χ1v) is 11.1. The number of carbonyl (C=O) groups excluding carboxylic acids is 1. The van der Waals surface area contributed by atoms with Crippen LogP contribution in [0.1, 0.15) is 82.7 Å². The molecule has 1 fully saturated rings. The number of aromatic nitrogens is 2. The third-order valence-corrected chi connectivity index (χ3v) is 6.77. The summed E-state index contributed by atoms with van der Waals surface area (Å²) in [5.74, 6) is 2.73. The summed E-state index contributed by atoms with van der Waals surface area (Å²) < 4.78 is 5.99. The summed E-state index contributed by atoms with van der Waals surface area (Å²) in [7, 11) is 2.13. The van der Waals surface area contributed by atoms with Crippen LogP contribution in [0.5, 0.6) is 0 Å². The van der Waals surface area contributed by atoms with E-state index in [1.54, 1.807) is 0 Å². The van der Waals surface area contributed by atoms with Crippen molar-refractivity contribution in [3.05, 3.63) is 45.9 Å². The van der Waals surface area contributed by atoms with Crippen LogP contribution in [0.2, 0.25) is 0 Å². The summed E-state index contributed by atoms with van der Waals surface area (Å²) in [6, 6.07) is -0.0326. The molecule has 2 aromatic rings. The fourth-order valence-electron chi connectivity index (χ4n) is 5.20. The molecule has 3 aliphatic rings. The summed E-state index contributed by atoms with van der Waals surface area (Å²) in [5.41, 5.74) is 4.34. The van der Waals surface area contributed by atoms with E-state index in [4.69, 9.17) is 14.4 Å². The van der Waals surface area contributed by atoms with Crippen LogP contribution in [0.3, 0.4) is 0 Å². The Bertz CT molecular complexity index is 935. The number of piperidine rings is 1. The second-order valence-electron chi connectivity index (χ2n) is 8.84. The molecule has 2 aliphatic heterocycles. The first kappa shape index (κ1) is 18.8. The van der Waals surface area contributed by atoms with Crippen LogP contribution in [0.25, 0.3) is 0 Å². The fraction of sp³-hybridized carbons (Fsp3) is 0.609. The standard InChI is InChI=1S/C23H30N4O2/c1-15-21(17-7-3-4-9-20(17)29-15)23(28)27-11-6-5-8-19(27)22-24-13-16-14-26(2)12-10-18(16)25-22/h13,19H,3-12,14H2,1-2H3/t19-/m1/s1. The SMILES string of the molecule is Cc1oc2c(c1C(=O)N1CCCC[C@@H]1c1ncc3c(n1)CCN(C)C3)CCCC2. The maximum atomic E-state index is 13.7. The quantitative estimate of drug-likeness (QED) is 0.779. The number of likely N-dealkylation sites (N-methyl/N-ethyl adjacent to an activating group) is 1. The minimum atomic E-state index is -0.0326. The number of hydrogen-bond acceptors (Lipinski definition) is 5. The fourth-order valence-corrected chi connectivity index (χ4v) is 5.20. The zero-order chi connectivity index (χ0) is 20.0. The molecule has 6 heteroatoms. The zero-order valence-electron chi connectivity index (χ0n) is 17.5. The van der Waals surface area contributed by atoms with E-state index in [1.165, 1.54) is 5.56 Å². The Kier molecular flexibility index (Phi) is 4.90. The van der Waals surface area contributed by atoms with Crippen molar-refractivity contribution in [2.75, 3.05) is 20.1 Å². The molecule has 29 heavy (non-hydrogen) atoms. The van der Waals surface area contributed by atoms with Gasteiger partial charge in [-0.1, -0.05) is 0 Å². The molecule has 0 aromatic carbocycles. The molecule has 0 saturated carbocycles. The molecule has 6 nitrogen and oxygen atoms in total. The van der Waals surface area contributed by atoms with E-state index in [9.17, 15) is 4.79 Å². The number of fused-ring (bicyclic) bond motifs is 2. The highest BCUT2D eigenvalue weighted by atomic mass is 16.3. The van der Waals surface area contributed by atoms with Crippen molar-refractivity contribution in [2.24, 2.45) is 0 Å². The van der Waals surface area contributed by atoms with E-state index < -0.39 is 0 Å². The molecule has 1 aliphatic carbocycles. The van der Waals surface area contributed by atoms with Gasteiger partial charge in [0.05, 0.1) is 11.6 Å². The van der Waals surface area contributed by atoms with Gasteiger partial charge in [0.1, 0.15) is 11.5 Å². The first-order chi connectivity index (χ1) is 14.1. The number of likely N-dealkylation sites (tertiary alicyclic amines) is 1. The number of rotatable bonds is 2. The molecule has 0 spiro atoms. The average Bonchev–Trinajstić information content (AvgIpc) is 3.08. The normalized spacial score (nSPS) is 22.3. The summed E-state index contributed by atoms with van der Waals surface area (Å²) in [4.78, 5) is 27.7. The molecule has 0 N–H and O–H groups in total. The van der Waals surface area contributed by atoms with Gasteiger partial charge in [0.25, 0.3) is 5.91 Å². The number of carbonyl (C=O) groups is 1. The van der Waals surface area contributed by atoms with E-state index in [0.29, 0.717) is 0 Å². The lowest BCUT2D eigenvalue weighted by Gasteiger charge is -2.35. The largest absolute Gasteiger partial charge is 0.465 e. The smallest absolute Gasteiger partial charge is 0.258 e. The average molecular weight is 395 g/mol. The van der Waals surface area contributed by atoms with Gasteiger partial charge in [0.2, 0.25) is 0 Å². The topological polar surface area (TPSA) is 62.5 Å². The Morgan fingerprint density at radius 2 is 2.00 bits per heavy atom. The second-order valence-corrected chi connectivity index (χ2v) is 8.84. The molecule has 154 valence electrons. The van der Waals surface area contributed by atoms with Gasteiger partial charge in [-0.3, -0.25) is 4.79 Å². The van der Waals surface area contributed by atoms with Crippen LogP contribution in [-0.2, 0) is 25.8 Å². The molecule has 1 atom stereocenters. The summed E-state index contributed by atoms with van der Waals surface area (Å²) in [5, 5.41) is 0. The molecule has 1 saturated heterocycles. The van der Waals surface area contributed by atoms with Gasteiger partial charge in [-0.05, 0) is 52.5 Å². The van der Waals surface area contributed by atoms with Crippen molar-refractivity contribution >= 4 is 5.91 Å². The third kappa shape index (κ3) is 3.37. The molecular formula is C23H30N4O2. The van der Waals surface area contributed by atoms with Crippen molar-refractivity contribution < 1.29 is 9.21 Å². The van der Waals surface area contributed by atoms with Gasteiger partial charge in [-0.15, -0.1) is 0 Å². The Labute approximate surface area is 172 Å². The Balaban J connectivity index is 1.47. The lowest BCUT2D eigenvalue weighted by Crippen LogP contribution is -2.40. The number of hydrogen-bond donors (Lipinski definition) is 0. The van der Waals surface area contributed by atoms with E-state index in [1.807, 2.05) is 18.0 Å². The van der Waals surface area contributed by atoms with Gasteiger partial charge in [0, 0.05) is 55.5 Å². The Morgan fingerprint density at radius 1 is 1.14 bits per heavy atom. The lowest BCUT2D eigenvalue weighted by atomic mass is 9.93. The molecule has 2 aromatic heterocycles. The van der Waals surface area contributed by atoms with Crippen LogP contribution in [0, 0.1) is 6.92 Å². The highest BCUT2D eigenvalue weighted by Crippen LogP contribution is 2.35. The monoisotopic (exact) mass is 394 g/mol. The first-order valence-electron chi connectivity index (χ1n) is 11.1. The zero-order valence-corrected chi connectivity index (χ0v) is 17.5. The Hall–Kier alpha value is -2.21. The van der Waals surface area contributed by atoms with Gasteiger partial charge in [-0.2, -0.15) is 0 Å². The van der Waals surface area contributed by atoms with E-state index in [-0.39, 0.29) is 11.9 Å². The second kappa shape index (κ2) is 7.56. The predicted octanol–water partition coefficient (Wildman–Crippen LogP) is 3.61.